The highest BCUT2D eigenvalue weighted by molar-refractivity contribution is 6.31. The minimum Gasteiger partial charge on any atom is -0.271 e. The Kier molecular flexibility index (Phi) is 5.42. The van der Waals surface area contributed by atoms with Gasteiger partial charge < -0.3 is 0 Å². The minimum atomic E-state index is -0.801. The molecule has 0 fully saturated rings. The molecule has 2 aromatic carbocycles. The zero-order valence-electron chi connectivity index (χ0n) is 13.1. The predicted molar refractivity (Wildman–Crippen MR) is 93.7 cm³/mol. The third-order valence-corrected chi connectivity index (χ3v) is 3.51. The van der Waals surface area contributed by atoms with E-state index >= 15 is 0 Å². The summed E-state index contributed by atoms with van der Waals surface area (Å²) in [5, 5.41) is 37.0. The molecule has 1 N–H and O–H groups in total. The molecule has 2 rings (SSSR count). The predicted octanol–water partition coefficient (Wildman–Crippen LogP) is 3.90. The second-order valence-corrected chi connectivity index (χ2v) is 5.38. The zero-order chi connectivity index (χ0) is 19.4. The van der Waals surface area contributed by atoms with Gasteiger partial charge in [-0.25, -0.2) is 0 Å². The number of nitrogens with one attached hydrogen (secondary N) is 1. The maximum atomic E-state index is 11.1. The van der Waals surface area contributed by atoms with E-state index in [0.29, 0.717) is 0 Å². The van der Waals surface area contributed by atoms with Crippen molar-refractivity contribution >= 4 is 40.1 Å². The van der Waals surface area contributed by atoms with E-state index < -0.39 is 26.1 Å². The maximum absolute atomic E-state index is 11.1. The Balaban J connectivity index is 2.40. The monoisotopic (exact) mass is 379 g/mol. The second-order valence-electron chi connectivity index (χ2n) is 4.94. The van der Waals surface area contributed by atoms with Crippen LogP contribution in [-0.2, 0) is 0 Å². The van der Waals surface area contributed by atoms with Gasteiger partial charge in [0.25, 0.3) is 11.4 Å². The lowest BCUT2D eigenvalue weighted by atomic mass is 10.1. The van der Waals surface area contributed by atoms with Crippen LogP contribution < -0.4 is 5.43 Å². The zero-order valence-corrected chi connectivity index (χ0v) is 13.8. The molecule has 2 aromatic rings. The van der Waals surface area contributed by atoms with Crippen molar-refractivity contribution in [2.75, 3.05) is 5.43 Å². The van der Waals surface area contributed by atoms with Crippen LogP contribution in [0.5, 0.6) is 0 Å². The van der Waals surface area contributed by atoms with Crippen molar-refractivity contribution in [1.82, 2.24) is 0 Å². The molecular formula is C14H10ClN5O6. The third-order valence-electron chi connectivity index (χ3n) is 3.28. The summed E-state index contributed by atoms with van der Waals surface area (Å²) in [6.45, 7) is 1.46. The number of nitro benzene ring substituents is 3. The fraction of sp³-hybridized carbons (Fsp3) is 0.0714. The molecular weight excluding hydrogens is 370 g/mol. The molecule has 0 saturated carbocycles. The van der Waals surface area contributed by atoms with Gasteiger partial charge in [-0.15, -0.1) is 0 Å². The van der Waals surface area contributed by atoms with Crippen LogP contribution in [0.15, 0.2) is 41.5 Å². The van der Waals surface area contributed by atoms with Gasteiger partial charge in [0.15, 0.2) is 0 Å². The Bertz CT molecular complexity index is 945. The number of nitrogens with zero attached hydrogens (tertiary/aromatic N) is 4. The standard InChI is InChI=1S/C14H10ClN5O6/c1-8(11-4-2-9(15)6-13(11)19(23)24)16-17-12-5-3-10(18(21)22)7-14(12)20(25)26/h2-7,17H,1H3/b16-8+. The molecule has 12 heteroatoms. The van der Waals surface area contributed by atoms with Crippen LogP contribution in [0.3, 0.4) is 0 Å². The molecule has 0 atom stereocenters. The number of hydrogen-bond donors (Lipinski definition) is 1. The van der Waals surface area contributed by atoms with Gasteiger partial charge in [0.05, 0.1) is 32.1 Å². The lowest BCUT2D eigenvalue weighted by molar-refractivity contribution is -0.393. The van der Waals surface area contributed by atoms with Gasteiger partial charge in [0.1, 0.15) is 5.69 Å². The summed E-state index contributed by atoms with van der Waals surface area (Å²) in [4.78, 5) is 30.7. The number of nitro groups is 3. The first kappa shape index (κ1) is 18.7. The van der Waals surface area contributed by atoms with Crippen LogP contribution in [0, 0.1) is 30.3 Å². The van der Waals surface area contributed by atoms with Crippen molar-refractivity contribution in [3.63, 3.8) is 0 Å². The molecule has 0 heterocycles. The van der Waals surface area contributed by atoms with Gasteiger partial charge in [-0.1, -0.05) is 11.6 Å². The van der Waals surface area contributed by atoms with E-state index in [0.717, 1.165) is 24.3 Å². The van der Waals surface area contributed by atoms with Crippen LogP contribution in [0.25, 0.3) is 0 Å². The van der Waals surface area contributed by atoms with Crippen molar-refractivity contribution in [2.45, 2.75) is 6.92 Å². The van der Waals surface area contributed by atoms with Crippen LogP contribution in [0.4, 0.5) is 22.7 Å². The van der Waals surface area contributed by atoms with E-state index in [1.54, 1.807) is 0 Å². The molecule has 11 nitrogen and oxygen atoms in total. The first-order valence-electron chi connectivity index (χ1n) is 6.88. The van der Waals surface area contributed by atoms with Gasteiger partial charge >= 0.3 is 5.69 Å². The number of anilines is 1. The normalized spacial score (nSPS) is 11.1. The van der Waals surface area contributed by atoms with Crippen LogP contribution in [-0.4, -0.2) is 20.5 Å². The Morgan fingerprint density at radius 2 is 1.62 bits per heavy atom. The number of hydrazone groups is 1. The summed E-state index contributed by atoms with van der Waals surface area (Å²) in [6.07, 6.45) is 0. The average molecular weight is 380 g/mol. The highest BCUT2D eigenvalue weighted by Gasteiger charge is 2.20. The van der Waals surface area contributed by atoms with E-state index in [1.807, 2.05) is 0 Å². The highest BCUT2D eigenvalue weighted by Crippen LogP contribution is 2.29. The van der Waals surface area contributed by atoms with E-state index in [2.05, 4.69) is 10.5 Å². The number of benzene rings is 2. The van der Waals surface area contributed by atoms with Crippen LogP contribution >= 0.6 is 11.6 Å². The Morgan fingerprint density at radius 1 is 0.962 bits per heavy atom. The van der Waals surface area contributed by atoms with Crippen LogP contribution in [0.2, 0.25) is 5.02 Å². The van der Waals surface area contributed by atoms with Crippen molar-refractivity contribution in [3.8, 4) is 0 Å². The molecule has 0 aromatic heterocycles. The van der Waals surface area contributed by atoms with Gasteiger partial charge in [-0.3, -0.25) is 35.8 Å². The molecule has 0 spiro atoms. The summed E-state index contributed by atoms with van der Waals surface area (Å²) < 4.78 is 0. The molecule has 0 unspecified atom stereocenters. The van der Waals surface area contributed by atoms with Gasteiger partial charge in [0, 0.05) is 17.2 Å². The summed E-state index contributed by atoms with van der Waals surface area (Å²) in [6, 6.07) is 6.98. The lowest BCUT2D eigenvalue weighted by Gasteiger charge is -2.06. The topological polar surface area (TPSA) is 154 Å². The van der Waals surface area contributed by atoms with Crippen molar-refractivity contribution in [2.24, 2.45) is 5.10 Å². The summed E-state index contributed by atoms with van der Waals surface area (Å²) >= 11 is 5.74. The van der Waals surface area contributed by atoms with E-state index in [-0.39, 0.29) is 27.7 Å². The summed E-state index contributed by atoms with van der Waals surface area (Å²) in [5.74, 6) is 0. The van der Waals surface area contributed by atoms with Crippen LogP contribution in [0.1, 0.15) is 12.5 Å². The summed E-state index contributed by atoms with van der Waals surface area (Å²) in [5.41, 5.74) is 1.36. The third kappa shape index (κ3) is 4.08. The van der Waals surface area contributed by atoms with Crippen molar-refractivity contribution in [3.05, 3.63) is 77.3 Å². The quantitative estimate of drug-likeness (QED) is 0.453. The second kappa shape index (κ2) is 7.53. The molecule has 0 aliphatic heterocycles. The fourth-order valence-electron chi connectivity index (χ4n) is 2.05. The van der Waals surface area contributed by atoms with Crippen molar-refractivity contribution < 1.29 is 14.8 Å². The SMILES string of the molecule is C/C(=N\Nc1ccc([N+](=O)[O-])cc1[N+](=O)[O-])c1ccc(Cl)cc1[N+](=O)[O-]. The smallest absolute Gasteiger partial charge is 0.271 e. The minimum absolute atomic E-state index is 0.100. The molecule has 26 heavy (non-hydrogen) atoms. The molecule has 134 valence electrons. The highest BCUT2D eigenvalue weighted by atomic mass is 35.5. The fourth-order valence-corrected chi connectivity index (χ4v) is 2.21. The summed E-state index contributed by atoms with van der Waals surface area (Å²) in [7, 11) is 0. The van der Waals surface area contributed by atoms with E-state index in [1.165, 1.54) is 19.1 Å². The van der Waals surface area contributed by atoms with E-state index in [4.69, 9.17) is 11.6 Å². The molecule has 0 saturated heterocycles. The Hall–Kier alpha value is -3.60. The van der Waals surface area contributed by atoms with Gasteiger partial charge in [0.2, 0.25) is 0 Å². The largest absolute Gasteiger partial charge is 0.301 e. The maximum Gasteiger partial charge on any atom is 0.301 e. The lowest BCUT2D eigenvalue weighted by Crippen LogP contribution is -2.05. The number of rotatable bonds is 6. The molecule has 0 amide bonds. The molecule has 0 radical (unpaired) electrons. The van der Waals surface area contributed by atoms with Gasteiger partial charge in [-0.05, 0) is 25.1 Å². The number of non-ortho nitro benzene ring substituents is 1. The number of halogens is 1. The van der Waals surface area contributed by atoms with Crippen molar-refractivity contribution in [1.29, 1.82) is 0 Å². The number of hydrogen-bond acceptors (Lipinski definition) is 8. The Labute approximate surface area is 150 Å². The first-order valence-corrected chi connectivity index (χ1v) is 7.26. The average Bonchev–Trinajstić information content (AvgIpc) is 2.59. The molecule has 0 aliphatic rings. The molecule has 0 bridgehead atoms. The van der Waals surface area contributed by atoms with Gasteiger partial charge in [-0.2, -0.15) is 5.10 Å². The Morgan fingerprint density at radius 3 is 2.19 bits per heavy atom. The first-order chi connectivity index (χ1) is 12.2. The molecule has 0 aliphatic carbocycles. The van der Waals surface area contributed by atoms with E-state index in [9.17, 15) is 30.3 Å².